The van der Waals surface area contributed by atoms with Crippen LogP contribution in [0.3, 0.4) is 0 Å². The Hall–Kier alpha value is -1.67. The maximum Gasteiger partial charge on any atom is 0.0434 e. The standard InChI is InChI=1S/C10H14N4/c1-2-14(9-8-12-13-11)10-6-4-3-5-7-10/h3-7H,2,8-9H2,1H3. The lowest BCUT2D eigenvalue weighted by molar-refractivity contribution is 0.813. The first-order chi connectivity index (χ1) is 6.88. The molecule has 4 heteroatoms. The Morgan fingerprint density at radius 3 is 2.64 bits per heavy atom. The van der Waals surface area contributed by atoms with Gasteiger partial charge in [-0.3, -0.25) is 0 Å². The lowest BCUT2D eigenvalue weighted by Crippen LogP contribution is -2.25. The Bertz CT molecular complexity index is 303. The zero-order valence-electron chi connectivity index (χ0n) is 8.30. The number of hydrogen-bond acceptors (Lipinski definition) is 2. The number of hydrogen-bond donors (Lipinski definition) is 0. The number of azide groups is 1. The zero-order valence-corrected chi connectivity index (χ0v) is 8.30. The number of rotatable bonds is 5. The van der Waals surface area contributed by atoms with Gasteiger partial charge >= 0.3 is 0 Å². The molecule has 4 nitrogen and oxygen atoms in total. The smallest absolute Gasteiger partial charge is 0.0434 e. The van der Waals surface area contributed by atoms with Crippen molar-refractivity contribution >= 4 is 5.69 Å². The van der Waals surface area contributed by atoms with E-state index in [1.807, 2.05) is 18.2 Å². The van der Waals surface area contributed by atoms with Crippen LogP contribution in [0.5, 0.6) is 0 Å². The van der Waals surface area contributed by atoms with Gasteiger partial charge in [0.25, 0.3) is 0 Å². The van der Waals surface area contributed by atoms with Gasteiger partial charge in [-0.05, 0) is 24.6 Å². The predicted octanol–water partition coefficient (Wildman–Crippen LogP) is 2.82. The maximum absolute atomic E-state index is 8.16. The summed E-state index contributed by atoms with van der Waals surface area (Å²) in [6, 6.07) is 10.1. The second-order valence-corrected chi connectivity index (χ2v) is 2.87. The summed E-state index contributed by atoms with van der Waals surface area (Å²) >= 11 is 0. The molecule has 0 radical (unpaired) electrons. The molecular formula is C10H14N4. The Morgan fingerprint density at radius 1 is 1.36 bits per heavy atom. The van der Waals surface area contributed by atoms with Crippen LogP contribution in [-0.4, -0.2) is 19.6 Å². The maximum atomic E-state index is 8.16. The second-order valence-electron chi connectivity index (χ2n) is 2.87. The van der Waals surface area contributed by atoms with Crippen LogP contribution < -0.4 is 4.90 Å². The molecule has 0 unspecified atom stereocenters. The molecule has 0 fully saturated rings. The van der Waals surface area contributed by atoms with E-state index in [0.29, 0.717) is 6.54 Å². The number of benzene rings is 1. The highest BCUT2D eigenvalue weighted by Crippen LogP contribution is 2.11. The van der Waals surface area contributed by atoms with Crippen LogP contribution in [0.1, 0.15) is 6.92 Å². The molecule has 0 amide bonds. The lowest BCUT2D eigenvalue weighted by Gasteiger charge is -2.21. The summed E-state index contributed by atoms with van der Waals surface area (Å²) in [7, 11) is 0. The average molecular weight is 190 g/mol. The molecule has 1 aromatic rings. The third-order valence-corrected chi connectivity index (χ3v) is 2.04. The Kier molecular flexibility index (Phi) is 4.38. The molecule has 0 heterocycles. The molecule has 0 aliphatic heterocycles. The Labute approximate surface area is 83.8 Å². The van der Waals surface area contributed by atoms with Crippen LogP contribution in [0.15, 0.2) is 35.4 Å². The number of likely N-dealkylation sites (N-methyl/N-ethyl adjacent to an activating group) is 1. The third kappa shape index (κ3) is 2.99. The van der Waals surface area contributed by atoms with E-state index in [1.54, 1.807) is 0 Å². The molecule has 1 aromatic carbocycles. The molecule has 74 valence electrons. The highest BCUT2D eigenvalue weighted by Gasteiger charge is 2.00. The SMILES string of the molecule is CCN(CCN=[N+]=[N-])c1ccccc1. The van der Waals surface area contributed by atoms with Gasteiger partial charge in [0, 0.05) is 30.2 Å². The zero-order chi connectivity index (χ0) is 10.2. The van der Waals surface area contributed by atoms with E-state index in [1.165, 1.54) is 5.69 Å². The molecule has 0 N–H and O–H groups in total. The van der Waals surface area contributed by atoms with Crippen LogP contribution in [0.2, 0.25) is 0 Å². The van der Waals surface area contributed by atoms with Gasteiger partial charge < -0.3 is 4.90 Å². The summed E-state index contributed by atoms with van der Waals surface area (Å²) in [5.74, 6) is 0. The van der Waals surface area contributed by atoms with Crippen molar-refractivity contribution in [1.29, 1.82) is 0 Å². The van der Waals surface area contributed by atoms with E-state index >= 15 is 0 Å². The number of para-hydroxylation sites is 1. The number of anilines is 1. The van der Waals surface area contributed by atoms with Crippen molar-refractivity contribution in [3.63, 3.8) is 0 Å². The van der Waals surface area contributed by atoms with Crippen molar-refractivity contribution in [3.05, 3.63) is 40.8 Å². The van der Waals surface area contributed by atoms with Crippen LogP contribution in [-0.2, 0) is 0 Å². The van der Waals surface area contributed by atoms with Gasteiger partial charge in [0.15, 0.2) is 0 Å². The Morgan fingerprint density at radius 2 is 2.07 bits per heavy atom. The van der Waals surface area contributed by atoms with Crippen LogP contribution in [0, 0.1) is 0 Å². The molecule has 0 aliphatic carbocycles. The predicted molar refractivity (Wildman–Crippen MR) is 58.3 cm³/mol. The normalized spacial score (nSPS) is 9.21. The minimum Gasteiger partial charge on any atom is -0.372 e. The largest absolute Gasteiger partial charge is 0.372 e. The minimum atomic E-state index is 0.513. The van der Waals surface area contributed by atoms with Crippen LogP contribution in [0.4, 0.5) is 5.69 Å². The van der Waals surface area contributed by atoms with Crippen molar-refractivity contribution in [3.8, 4) is 0 Å². The molecule has 14 heavy (non-hydrogen) atoms. The molecule has 0 saturated carbocycles. The van der Waals surface area contributed by atoms with E-state index in [2.05, 4.69) is 34.0 Å². The van der Waals surface area contributed by atoms with Crippen molar-refractivity contribution in [1.82, 2.24) is 0 Å². The van der Waals surface area contributed by atoms with Crippen molar-refractivity contribution < 1.29 is 0 Å². The molecule has 0 spiro atoms. The highest BCUT2D eigenvalue weighted by atomic mass is 15.2. The van der Waals surface area contributed by atoms with Crippen molar-refractivity contribution in [2.75, 3.05) is 24.5 Å². The van der Waals surface area contributed by atoms with E-state index in [4.69, 9.17) is 5.53 Å². The molecule has 0 saturated heterocycles. The minimum absolute atomic E-state index is 0.513. The van der Waals surface area contributed by atoms with Gasteiger partial charge in [0.2, 0.25) is 0 Å². The fourth-order valence-corrected chi connectivity index (χ4v) is 1.32. The molecule has 0 atom stereocenters. The first kappa shape index (κ1) is 10.4. The summed E-state index contributed by atoms with van der Waals surface area (Å²) in [5, 5.41) is 3.52. The van der Waals surface area contributed by atoms with Crippen LogP contribution in [0.25, 0.3) is 10.4 Å². The molecule has 0 bridgehead atoms. The van der Waals surface area contributed by atoms with E-state index in [9.17, 15) is 0 Å². The van der Waals surface area contributed by atoms with E-state index < -0.39 is 0 Å². The molecule has 0 aromatic heterocycles. The second kappa shape index (κ2) is 5.89. The summed E-state index contributed by atoms with van der Waals surface area (Å²) in [6.45, 7) is 4.29. The van der Waals surface area contributed by atoms with Gasteiger partial charge in [-0.2, -0.15) is 0 Å². The van der Waals surface area contributed by atoms with Crippen LogP contribution >= 0.6 is 0 Å². The van der Waals surface area contributed by atoms with Gasteiger partial charge in [0.05, 0.1) is 0 Å². The van der Waals surface area contributed by atoms with Crippen molar-refractivity contribution in [2.45, 2.75) is 6.92 Å². The molecule has 1 rings (SSSR count). The fourth-order valence-electron chi connectivity index (χ4n) is 1.32. The first-order valence-corrected chi connectivity index (χ1v) is 4.69. The van der Waals surface area contributed by atoms with Gasteiger partial charge in [-0.1, -0.05) is 23.3 Å². The van der Waals surface area contributed by atoms with Crippen molar-refractivity contribution in [2.24, 2.45) is 5.11 Å². The lowest BCUT2D eigenvalue weighted by atomic mass is 10.3. The summed E-state index contributed by atoms with van der Waals surface area (Å²) in [4.78, 5) is 4.91. The average Bonchev–Trinajstić information content (AvgIpc) is 2.26. The molecule has 0 aliphatic rings. The van der Waals surface area contributed by atoms with E-state index in [-0.39, 0.29) is 0 Å². The fraction of sp³-hybridized carbons (Fsp3) is 0.400. The summed E-state index contributed by atoms with van der Waals surface area (Å²) < 4.78 is 0. The number of nitrogens with zero attached hydrogens (tertiary/aromatic N) is 4. The Balaban J connectivity index is 2.58. The van der Waals surface area contributed by atoms with Gasteiger partial charge in [-0.15, -0.1) is 0 Å². The quantitative estimate of drug-likeness (QED) is 0.400. The van der Waals surface area contributed by atoms with Gasteiger partial charge in [-0.25, -0.2) is 0 Å². The molecular weight excluding hydrogens is 176 g/mol. The van der Waals surface area contributed by atoms with E-state index in [0.717, 1.165) is 13.1 Å². The summed E-state index contributed by atoms with van der Waals surface area (Å²) in [6.07, 6.45) is 0. The third-order valence-electron chi connectivity index (χ3n) is 2.04. The topological polar surface area (TPSA) is 52.0 Å². The summed E-state index contributed by atoms with van der Waals surface area (Å²) in [5.41, 5.74) is 9.33. The monoisotopic (exact) mass is 190 g/mol. The highest BCUT2D eigenvalue weighted by molar-refractivity contribution is 5.45. The van der Waals surface area contributed by atoms with Gasteiger partial charge in [0.1, 0.15) is 0 Å². The first-order valence-electron chi connectivity index (χ1n) is 4.69.